The van der Waals surface area contributed by atoms with Crippen molar-refractivity contribution < 1.29 is 5.11 Å². The van der Waals surface area contributed by atoms with E-state index in [1.165, 1.54) is 0 Å². The van der Waals surface area contributed by atoms with Crippen LogP contribution in [0.1, 0.15) is 13.3 Å². The Morgan fingerprint density at radius 3 is 2.44 bits per heavy atom. The zero-order valence-corrected chi connectivity index (χ0v) is 5.78. The first-order chi connectivity index (χ1) is 4.12. The fraction of sp³-hybridized carbons (Fsp3) is 0.714. The lowest BCUT2D eigenvalue weighted by molar-refractivity contribution is -0.00881. The van der Waals surface area contributed by atoms with Crippen molar-refractivity contribution in [3.8, 4) is 0 Å². The van der Waals surface area contributed by atoms with Gasteiger partial charge in [0, 0.05) is 13.1 Å². The highest BCUT2D eigenvalue weighted by Gasteiger charge is 2.33. The minimum atomic E-state index is -0.466. The fourth-order valence-electron chi connectivity index (χ4n) is 1.10. The van der Waals surface area contributed by atoms with E-state index in [1.807, 2.05) is 6.92 Å². The van der Waals surface area contributed by atoms with Crippen LogP contribution in [0.3, 0.4) is 0 Å². The second-order valence-electron chi connectivity index (χ2n) is 2.96. The van der Waals surface area contributed by atoms with Crippen molar-refractivity contribution >= 4 is 0 Å². The van der Waals surface area contributed by atoms with Gasteiger partial charge in [-0.25, -0.2) is 0 Å². The van der Waals surface area contributed by atoms with Crippen molar-refractivity contribution in [2.24, 2.45) is 0 Å². The van der Waals surface area contributed by atoms with Crippen LogP contribution in [-0.2, 0) is 0 Å². The van der Waals surface area contributed by atoms with Gasteiger partial charge in [0.25, 0.3) is 0 Å². The SMILES string of the molecule is C=C(C)CC1(O)CNC1. The van der Waals surface area contributed by atoms with E-state index in [2.05, 4.69) is 11.9 Å². The molecule has 0 aliphatic carbocycles. The molecule has 1 saturated heterocycles. The van der Waals surface area contributed by atoms with E-state index in [-0.39, 0.29) is 0 Å². The first kappa shape index (κ1) is 6.78. The molecule has 0 saturated carbocycles. The molecule has 1 rings (SSSR count). The number of rotatable bonds is 2. The van der Waals surface area contributed by atoms with Crippen LogP contribution in [0.5, 0.6) is 0 Å². The molecular weight excluding hydrogens is 114 g/mol. The van der Waals surface area contributed by atoms with Gasteiger partial charge in [0.15, 0.2) is 0 Å². The molecule has 2 N–H and O–H groups in total. The Balaban J connectivity index is 2.33. The third-order valence-electron chi connectivity index (χ3n) is 1.54. The van der Waals surface area contributed by atoms with Crippen molar-refractivity contribution in [1.82, 2.24) is 5.32 Å². The molecule has 1 aliphatic heterocycles. The van der Waals surface area contributed by atoms with Gasteiger partial charge in [-0.1, -0.05) is 5.57 Å². The maximum absolute atomic E-state index is 9.46. The monoisotopic (exact) mass is 127 g/mol. The quantitative estimate of drug-likeness (QED) is 0.522. The maximum atomic E-state index is 9.46. The highest BCUT2D eigenvalue weighted by atomic mass is 16.3. The molecule has 1 fully saturated rings. The van der Waals surface area contributed by atoms with Gasteiger partial charge in [0.1, 0.15) is 0 Å². The van der Waals surface area contributed by atoms with Gasteiger partial charge in [-0.3, -0.25) is 0 Å². The van der Waals surface area contributed by atoms with Crippen LogP contribution in [0.25, 0.3) is 0 Å². The molecule has 1 aliphatic rings. The molecule has 0 bridgehead atoms. The lowest BCUT2D eigenvalue weighted by atomic mass is 9.90. The summed E-state index contributed by atoms with van der Waals surface area (Å²) in [5.74, 6) is 0. The molecule has 2 nitrogen and oxygen atoms in total. The Morgan fingerprint density at radius 1 is 1.78 bits per heavy atom. The Kier molecular flexibility index (Phi) is 1.60. The van der Waals surface area contributed by atoms with Gasteiger partial charge < -0.3 is 10.4 Å². The first-order valence-electron chi connectivity index (χ1n) is 3.20. The first-order valence-corrected chi connectivity index (χ1v) is 3.20. The molecular formula is C7H13NO. The van der Waals surface area contributed by atoms with Crippen molar-refractivity contribution in [2.45, 2.75) is 18.9 Å². The smallest absolute Gasteiger partial charge is 0.0931 e. The van der Waals surface area contributed by atoms with Crippen LogP contribution in [-0.4, -0.2) is 23.8 Å². The fourth-order valence-corrected chi connectivity index (χ4v) is 1.10. The van der Waals surface area contributed by atoms with Crippen LogP contribution in [0.2, 0.25) is 0 Å². The zero-order chi connectivity index (χ0) is 6.91. The summed E-state index contributed by atoms with van der Waals surface area (Å²) >= 11 is 0. The van der Waals surface area contributed by atoms with E-state index >= 15 is 0 Å². The average Bonchev–Trinajstić information content (AvgIpc) is 1.60. The van der Waals surface area contributed by atoms with Crippen LogP contribution >= 0.6 is 0 Å². The Labute approximate surface area is 55.6 Å². The zero-order valence-electron chi connectivity index (χ0n) is 5.78. The van der Waals surface area contributed by atoms with E-state index in [4.69, 9.17) is 0 Å². The molecule has 0 amide bonds. The molecule has 0 aromatic carbocycles. The lowest BCUT2D eigenvalue weighted by Gasteiger charge is -2.37. The van der Waals surface area contributed by atoms with Crippen molar-refractivity contribution in [2.75, 3.05) is 13.1 Å². The molecule has 0 spiro atoms. The second kappa shape index (κ2) is 2.12. The summed E-state index contributed by atoms with van der Waals surface area (Å²) in [6, 6.07) is 0. The molecule has 0 aromatic heterocycles. The van der Waals surface area contributed by atoms with Crippen LogP contribution in [0.15, 0.2) is 12.2 Å². The minimum absolute atomic E-state index is 0.466. The van der Waals surface area contributed by atoms with Crippen molar-refractivity contribution in [1.29, 1.82) is 0 Å². The highest BCUT2D eigenvalue weighted by molar-refractivity contribution is 5.03. The molecule has 1 heterocycles. The third kappa shape index (κ3) is 1.53. The maximum Gasteiger partial charge on any atom is 0.0931 e. The number of nitrogens with one attached hydrogen (secondary N) is 1. The van der Waals surface area contributed by atoms with Crippen molar-refractivity contribution in [3.63, 3.8) is 0 Å². The van der Waals surface area contributed by atoms with E-state index in [9.17, 15) is 5.11 Å². The summed E-state index contributed by atoms with van der Waals surface area (Å²) in [5.41, 5.74) is 0.588. The Morgan fingerprint density at radius 2 is 2.33 bits per heavy atom. The van der Waals surface area contributed by atoms with Gasteiger partial charge in [-0.15, -0.1) is 6.58 Å². The van der Waals surface area contributed by atoms with Crippen LogP contribution in [0.4, 0.5) is 0 Å². The molecule has 0 atom stereocenters. The Hall–Kier alpha value is -0.340. The van der Waals surface area contributed by atoms with E-state index in [1.54, 1.807) is 0 Å². The largest absolute Gasteiger partial charge is 0.387 e. The van der Waals surface area contributed by atoms with E-state index in [0.717, 1.165) is 25.1 Å². The standard InChI is InChI=1S/C7H13NO/c1-6(2)3-7(9)4-8-5-7/h8-9H,1,3-5H2,2H3. The van der Waals surface area contributed by atoms with Gasteiger partial charge in [-0.2, -0.15) is 0 Å². The lowest BCUT2D eigenvalue weighted by Crippen LogP contribution is -2.59. The number of β-amino-alcohol motifs (C(OH)–C–C–N with tert-alkyl or cyclic N) is 1. The van der Waals surface area contributed by atoms with Gasteiger partial charge in [0.05, 0.1) is 5.60 Å². The molecule has 0 radical (unpaired) electrons. The summed E-state index contributed by atoms with van der Waals surface area (Å²) in [7, 11) is 0. The highest BCUT2D eigenvalue weighted by Crippen LogP contribution is 2.18. The second-order valence-corrected chi connectivity index (χ2v) is 2.96. The molecule has 0 unspecified atom stereocenters. The van der Waals surface area contributed by atoms with Crippen LogP contribution < -0.4 is 5.32 Å². The predicted octanol–water partition coefficient (Wildman–Crippen LogP) is 0.287. The third-order valence-corrected chi connectivity index (χ3v) is 1.54. The number of aliphatic hydroxyl groups is 1. The number of hydrogen-bond donors (Lipinski definition) is 2. The summed E-state index contributed by atoms with van der Waals surface area (Å²) in [6.45, 7) is 7.12. The summed E-state index contributed by atoms with van der Waals surface area (Å²) in [5, 5.41) is 12.5. The van der Waals surface area contributed by atoms with Gasteiger partial charge in [0.2, 0.25) is 0 Å². The van der Waals surface area contributed by atoms with Gasteiger partial charge in [-0.05, 0) is 13.3 Å². The Bertz CT molecular complexity index is 127. The summed E-state index contributed by atoms with van der Waals surface area (Å²) < 4.78 is 0. The number of hydrogen-bond acceptors (Lipinski definition) is 2. The van der Waals surface area contributed by atoms with Gasteiger partial charge >= 0.3 is 0 Å². The van der Waals surface area contributed by atoms with E-state index < -0.39 is 5.60 Å². The topological polar surface area (TPSA) is 32.3 Å². The van der Waals surface area contributed by atoms with Crippen molar-refractivity contribution in [3.05, 3.63) is 12.2 Å². The molecule has 52 valence electrons. The molecule has 2 heteroatoms. The predicted molar refractivity (Wildman–Crippen MR) is 37.3 cm³/mol. The normalized spacial score (nSPS) is 22.9. The summed E-state index contributed by atoms with van der Waals surface area (Å²) in [6.07, 6.45) is 0.736. The minimum Gasteiger partial charge on any atom is -0.387 e. The molecule has 0 aromatic rings. The summed E-state index contributed by atoms with van der Waals surface area (Å²) in [4.78, 5) is 0. The molecule has 9 heavy (non-hydrogen) atoms. The van der Waals surface area contributed by atoms with Crippen LogP contribution in [0, 0.1) is 0 Å². The average molecular weight is 127 g/mol. The van der Waals surface area contributed by atoms with E-state index in [0.29, 0.717) is 0 Å².